The van der Waals surface area contributed by atoms with Gasteiger partial charge in [-0.25, -0.2) is 17.7 Å². The molecule has 10 heteroatoms. The molecule has 0 radical (unpaired) electrons. The molecule has 1 aromatic carbocycles. The predicted octanol–water partition coefficient (Wildman–Crippen LogP) is 1.70. The highest BCUT2D eigenvalue weighted by Gasteiger charge is 2.19. The summed E-state index contributed by atoms with van der Waals surface area (Å²) in [6.07, 6.45) is 2.45. The molecule has 0 fully saturated rings. The molecule has 1 amide bonds. The summed E-state index contributed by atoms with van der Waals surface area (Å²) in [4.78, 5) is 27.9. The Morgan fingerprint density at radius 2 is 1.93 bits per heavy atom. The van der Waals surface area contributed by atoms with Gasteiger partial charge in [-0.2, -0.15) is 0 Å². The van der Waals surface area contributed by atoms with Gasteiger partial charge in [0.2, 0.25) is 15.9 Å². The summed E-state index contributed by atoms with van der Waals surface area (Å²) < 4.78 is 32.5. The summed E-state index contributed by atoms with van der Waals surface area (Å²) in [5.41, 5.74) is 1.44. The lowest BCUT2D eigenvalue weighted by Gasteiger charge is -2.11. The van der Waals surface area contributed by atoms with Crippen LogP contribution in [-0.4, -0.2) is 61.9 Å². The average Bonchev–Trinajstić information content (AvgIpc) is 3.08. The second-order valence-electron chi connectivity index (χ2n) is 7.09. The fourth-order valence-electron chi connectivity index (χ4n) is 3.11. The van der Waals surface area contributed by atoms with Gasteiger partial charge < -0.3 is 14.6 Å². The molecule has 1 aromatic heterocycles. The maximum Gasteiger partial charge on any atom is 0.305 e. The van der Waals surface area contributed by atoms with Gasteiger partial charge in [0.25, 0.3) is 0 Å². The number of nitrogens with zero attached hydrogens (tertiary/aromatic N) is 3. The fraction of sp³-hybridized carbons (Fsp3) is 0.550. The van der Waals surface area contributed by atoms with Crippen molar-refractivity contribution in [2.45, 2.75) is 50.5 Å². The molecule has 1 heterocycles. The molecule has 0 aliphatic rings. The van der Waals surface area contributed by atoms with Crippen molar-refractivity contribution in [1.82, 2.24) is 19.2 Å². The van der Waals surface area contributed by atoms with Crippen molar-refractivity contribution in [2.75, 3.05) is 27.7 Å². The largest absolute Gasteiger partial charge is 0.469 e. The van der Waals surface area contributed by atoms with Crippen LogP contribution in [0.3, 0.4) is 0 Å². The Balaban J connectivity index is 2.00. The summed E-state index contributed by atoms with van der Waals surface area (Å²) in [5, 5.41) is 2.84. The summed E-state index contributed by atoms with van der Waals surface area (Å²) in [6, 6.07) is 4.91. The quantitative estimate of drug-likeness (QED) is 0.422. The van der Waals surface area contributed by atoms with Gasteiger partial charge in [-0.3, -0.25) is 9.59 Å². The Labute approximate surface area is 177 Å². The first-order valence-corrected chi connectivity index (χ1v) is 11.4. The molecule has 30 heavy (non-hydrogen) atoms. The number of esters is 1. The smallest absolute Gasteiger partial charge is 0.305 e. The van der Waals surface area contributed by atoms with Gasteiger partial charge in [0, 0.05) is 46.4 Å². The van der Waals surface area contributed by atoms with E-state index in [1.54, 1.807) is 18.2 Å². The van der Waals surface area contributed by atoms with Crippen LogP contribution >= 0.6 is 0 Å². The minimum Gasteiger partial charge on any atom is -0.469 e. The Hall–Kier alpha value is -2.46. The molecular weight excluding hydrogens is 408 g/mol. The van der Waals surface area contributed by atoms with Gasteiger partial charge in [-0.05, 0) is 38.0 Å². The van der Waals surface area contributed by atoms with Gasteiger partial charge in [-0.15, -0.1) is 0 Å². The van der Waals surface area contributed by atoms with E-state index in [2.05, 4.69) is 15.0 Å². The minimum atomic E-state index is -3.54. The molecule has 2 aromatic rings. The summed E-state index contributed by atoms with van der Waals surface area (Å²) >= 11 is 0. The predicted molar refractivity (Wildman–Crippen MR) is 113 cm³/mol. The lowest BCUT2D eigenvalue weighted by Crippen LogP contribution is -2.25. The standard InChI is InChI=1S/C20H30N4O5S/c1-5-24-17-10-9-15(30(27,28)23(2)3)14-16(17)22-18(24)11-12-19(25)21-13-7-6-8-20(26)29-4/h9-10,14H,5-8,11-13H2,1-4H3,(H,21,25). The van der Waals surface area contributed by atoms with E-state index >= 15 is 0 Å². The minimum absolute atomic E-state index is 0.0846. The number of amides is 1. The second kappa shape index (κ2) is 10.5. The number of aromatic nitrogens is 2. The molecule has 0 saturated heterocycles. The second-order valence-corrected chi connectivity index (χ2v) is 9.25. The van der Waals surface area contributed by atoms with Crippen LogP contribution in [-0.2, 0) is 37.3 Å². The van der Waals surface area contributed by atoms with Crippen LogP contribution in [0.4, 0.5) is 0 Å². The van der Waals surface area contributed by atoms with Gasteiger partial charge >= 0.3 is 5.97 Å². The van der Waals surface area contributed by atoms with Crippen LogP contribution in [0.2, 0.25) is 0 Å². The van der Waals surface area contributed by atoms with E-state index in [4.69, 9.17) is 0 Å². The Kier molecular flexibility index (Phi) is 8.36. The average molecular weight is 439 g/mol. The van der Waals surface area contributed by atoms with Crippen molar-refractivity contribution in [1.29, 1.82) is 0 Å². The molecule has 0 unspecified atom stereocenters. The molecular formula is C20H30N4O5S. The molecule has 0 atom stereocenters. The number of rotatable bonds is 11. The van der Waals surface area contributed by atoms with Crippen LogP contribution in [0.25, 0.3) is 11.0 Å². The number of hydrogen-bond acceptors (Lipinski definition) is 6. The number of imidazole rings is 1. The van der Waals surface area contributed by atoms with Crippen molar-refractivity contribution >= 4 is 32.9 Å². The van der Waals surface area contributed by atoms with Crippen molar-refractivity contribution in [3.05, 3.63) is 24.0 Å². The van der Waals surface area contributed by atoms with Gasteiger partial charge in [0.05, 0.1) is 23.0 Å². The van der Waals surface area contributed by atoms with Crippen molar-refractivity contribution < 1.29 is 22.7 Å². The van der Waals surface area contributed by atoms with Gasteiger partial charge in [0.15, 0.2) is 0 Å². The topological polar surface area (TPSA) is 111 Å². The van der Waals surface area contributed by atoms with Crippen LogP contribution in [0, 0.1) is 0 Å². The summed E-state index contributed by atoms with van der Waals surface area (Å²) in [7, 11) is 0.801. The fourth-order valence-corrected chi connectivity index (χ4v) is 4.03. The van der Waals surface area contributed by atoms with Crippen LogP contribution < -0.4 is 5.32 Å². The van der Waals surface area contributed by atoms with Crippen LogP contribution in [0.1, 0.15) is 38.4 Å². The maximum atomic E-state index is 12.4. The zero-order valence-corrected chi connectivity index (χ0v) is 18.8. The molecule has 166 valence electrons. The number of sulfonamides is 1. The number of methoxy groups -OCH3 is 1. The lowest BCUT2D eigenvalue weighted by atomic mass is 10.2. The third-order valence-electron chi connectivity index (χ3n) is 4.83. The highest BCUT2D eigenvalue weighted by molar-refractivity contribution is 7.89. The lowest BCUT2D eigenvalue weighted by molar-refractivity contribution is -0.140. The van der Waals surface area contributed by atoms with E-state index in [-0.39, 0.29) is 23.2 Å². The third kappa shape index (κ3) is 5.79. The SMILES string of the molecule is CCn1c(CCC(=O)NCCCCC(=O)OC)nc2cc(S(=O)(=O)N(C)C)ccc21. The highest BCUT2D eigenvalue weighted by Crippen LogP contribution is 2.22. The Bertz CT molecular complexity index is 998. The summed E-state index contributed by atoms with van der Waals surface area (Å²) in [6.45, 7) is 3.16. The Morgan fingerprint density at radius 1 is 1.20 bits per heavy atom. The number of hydrogen-bond donors (Lipinski definition) is 1. The monoisotopic (exact) mass is 438 g/mol. The number of ether oxygens (including phenoxy) is 1. The van der Waals surface area contributed by atoms with E-state index in [0.717, 1.165) is 11.3 Å². The molecule has 0 bridgehead atoms. The van der Waals surface area contributed by atoms with Crippen LogP contribution in [0.15, 0.2) is 23.1 Å². The highest BCUT2D eigenvalue weighted by atomic mass is 32.2. The number of unbranched alkanes of at least 4 members (excludes halogenated alkanes) is 1. The van der Waals surface area contributed by atoms with Crippen LogP contribution in [0.5, 0.6) is 0 Å². The Morgan fingerprint density at radius 3 is 2.57 bits per heavy atom. The first kappa shape index (κ1) is 23.8. The number of fused-ring (bicyclic) bond motifs is 1. The first-order valence-electron chi connectivity index (χ1n) is 9.96. The maximum absolute atomic E-state index is 12.4. The summed E-state index contributed by atoms with van der Waals surface area (Å²) in [5.74, 6) is 0.410. The zero-order valence-electron chi connectivity index (χ0n) is 18.0. The van der Waals surface area contributed by atoms with Gasteiger partial charge in [0.1, 0.15) is 5.82 Å². The van der Waals surface area contributed by atoms with Crippen molar-refractivity contribution in [2.24, 2.45) is 0 Å². The first-order chi connectivity index (χ1) is 14.2. The zero-order chi connectivity index (χ0) is 22.3. The van der Waals surface area contributed by atoms with E-state index in [1.165, 1.54) is 25.5 Å². The molecule has 0 aliphatic heterocycles. The third-order valence-corrected chi connectivity index (χ3v) is 6.64. The normalized spacial score (nSPS) is 11.8. The molecule has 0 aliphatic carbocycles. The molecule has 9 nitrogen and oxygen atoms in total. The van der Waals surface area contributed by atoms with Crippen molar-refractivity contribution in [3.63, 3.8) is 0 Å². The van der Waals surface area contributed by atoms with E-state index in [1.807, 2.05) is 11.5 Å². The molecule has 2 rings (SSSR count). The van der Waals surface area contributed by atoms with E-state index < -0.39 is 10.0 Å². The number of nitrogens with one attached hydrogen (secondary N) is 1. The molecule has 0 saturated carbocycles. The van der Waals surface area contributed by atoms with E-state index in [9.17, 15) is 18.0 Å². The van der Waals surface area contributed by atoms with Gasteiger partial charge in [-0.1, -0.05) is 0 Å². The number of carbonyl (C=O) groups is 2. The molecule has 0 spiro atoms. The number of aryl methyl sites for hydroxylation is 2. The van der Waals surface area contributed by atoms with E-state index in [0.29, 0.717) is 44.3 Å². The molecule has 1 N–H and O–H groups in total. The number of carbonyl (C=O) groups excluding carboxylic acids is 2. The number of benzene rings is 1. The van der Waals surface area contributed by atoms with Crippen molar-refractivity contribution in [3.8, 4) is 0 Å².